The molecule has 1 aliphatic heterocycles. The third kappa shape index (κ3) is 3.59. The average molecular weight is 290 g/mol. The summed E-state index contributed by atoms with van der Waals surface area (Å²) in [5.41, 5.74) is -0.202. The molecule has 0 aromatic rings. The number of nitrogens with zero attached hydrogens (tertiary/aromatic N) is 3. The van der Waals surface area contributed by atoms with Gasteiger partial charge in [-0.25, -0.2) is 0 Å². The number of piperazine rings is 1. The van der Waals surface area contributed by atoms with E-state index in [1.807, 2.05) is 0 Å². The van der Waals surface area contributed by atoms with Crippen molar-refractivity contribution in [1.82, 2.24) is 15.1 Å². The van der Waals surface area contributed by atoms with Gasteiger partial charge in [-0.2, -0.15) is 5.26 Å². The van der Waals surface area contributed by atoms with Gasteiger partial charge in [0.25, 0.3) is 0 Å². The van der Waals surface area contributed by atoms with Crippen LogP contribution in [0.1, 0.15) is 45.4 Å². The van der Waals surface area contributed by atoms with Gasteiger partial charge in [-0.15, -0.1) is 0 Å². The van der Waals surface area contributed by atoms with Crippen molar-refractivity contribution >= 4 is 0 Å². The van der Waals surface area contributed by atoms with E-state index in [9.17, 15) is 5.26 Å². The van der Waals surface area contributed by atoms with E-state index in [1.165, 1.54) is 71.4 Å². The van der Waals surface area contributed by atoms with Crippen LogP contribution in [0.5, 0.6) is 0 Å². The predicted molar refractivity (Wildman–Crippen MR) is 85.0 cm³/mol. The second kappa shape index (κ2) is 6.64. The molecule has 1 heterocycles. The molecule has 1 saturated heterocycles. The highest BCUT2D eigenvalue weighted by Crippen LogP contribution is 2.40. The van der Waals surface area contributed by atoms with Crippen molar-refractivity contribution in [1.29, 1.82) is 5.26 Å². The van der Waals surface area contributed by atoms with Crippen LogP contribution in [-0.2, 0) is 0 Å². The lowest BCUT2D eigenvalue weighted by Gasteiger charge is -2.36. The molecule has 0 aromatic heterocycles. The van der Waals surface area contributed by atoms with Gasteiger partial charge in [0.1, 0.15) is 5.54 Å². The number of hydrogen-bond acceptors (Lipinski definition) is 4. The summed E-state index contributed by atoms with van der Waals surface area (Å²) in [5, 5.41) is 13.4. The number of hydrogen-bond donors (Lipinski definition) is 1. The van der Waals surface area contributed by atoms with Gasteiger partial charge in [0.2, 0.25) is 0 Å². The van der Waals surface area contributed by atoms with E-state index >= 15 is 0 Å². The van der Waals surface area contributed by atoms with Gasteiger partial charge in [0, 0.05) is 32.2 Å². The topological polar surface area (TPSA) is 42.3 Å². The fraction of sp³-hybridized carbons (Fsp3) is 0.941. The Bertz CT molecular complexity index is 379. The van der Waals surface area contributed by atoms with Crippen LogP contribution >= 0.6 is 0 Å². The van der Waals surface area contributed by atoms with Crippen LogP contribution in [0, 0.1) is 17.2 Å². The maximum Gasteiger partial charge on any atom is 0.109 e. The first-order chi connectivity index (χ1) is 10.3. The molecule has 2 unspecified atom stereocenters. The molecule has 3 aliphatic rings. The lowest BCUT2D eigenvalue weighted by molar-refractivity contribution is 0.126. The standard InChI is InChI=1S/C17H30N4/c1-2-20-10-12-21(13-11-20)9-7-15-4-3-8-17(15,14-18)19-16-5-6-16/h15-16,19H,2-13H2,1H3. The fourth-order valence-electron chi connectivity index (χ4n) is 4.10. The Morgan fingerprint density at radius 3 is 2.48 bits per heavy atom. The number of nitriles is 1. The Balaban J connectivity index is 1.48. The molecule has 21 heavy (non-hydrogen) atoms. The van der Waals surface area contributed by atoms with E-state index in [0.29, 0.717) is 12.0 Å². The van der Waals surface area contributed by atoms with Crippen LogP contribution in [-0.4, -0.2) is 60.6 Å². The smallest absolute Gasteiger partial charge is 0.109 e. The lowest BCUT2D eigenvalue weighted by atomic mass is 9.85. The molecule has 0 spiro atoms. The first-order valence-corrected chi connectivity index (χ1v) is 8.89. The van der Waals surface area contributed by atoms with Crippen molar-refractivity contribution in [3.63, 3.8) is 0 Å². The summed E-state index contributed by atoms with van der Waals surface area (Å²) in [4.78, 5) is 5.13. The summed E-state index contributed by atoms with van der Waals surface area (Å²) in [6.45, 7) is 9.44. The molecule has 4 heteroatoms. The van der Waals surface area contributed by atoms with E-state index in [0.717, 1.165) is 6.42 Å². The van der Waals surface area contributed by atoms with E-state index < -0.39 is 0 Å². The van der Waals surface area contributed by atoms with E-state index in [-0.39, 0.29) is 5.54 Å². The molecule has 4 nitrogen and oxygen atoms in total. The van der Waals surface area contributed by atoms with E-state index in [2.05, 4.69) is 28.1 Å². The van der Waals surface area contributed by atoms with Gasteiger partial charge in [-0.05, 0) is 51.1 Å². The summed E-state index contributed by atoms with van der Waals surface area (Å²) in [6, 6.07) is 3.30. The quantitative estimate of drug-likeness (QED) is 0.810. The highest BCUT2D eigenvalue weighted by atomic mass is 15.3. The van der Waals surface area contributed by atoms with Gasteiger partial charge in [0.15, 0.2) is 0 Å². The fourth-order valence-corrected chi connectivity index (χ4v) is 4.10. The summed E-state index contributed by atoms with van der Waals surface area (Å²) in [5.74, 6) is 0.562. The minimum absolute atomic E-state index is 0.202. The van der Waals surface area contributed by atoms with Gasteiger partial charge in [-0.1, -0.05) is 13.3 Å². The Kier molecular flexibility index (Phi) is 4.83. The Hall–Kier alpha value is -0.630. The second-order valence-corrected chi connectivity index (χ2v) is 7.16. The Labute approximate surface area is 129 Å². The van der Waals surface area contributed by atoms with E-state index in [4.69, 9.17) is 0 Å². The molecule has 118 valence electrons. The molecular weight excluding hydrogens is 260 g/mol. The van der Waals surface area contributed by atoms with Crippen molar-refractivity contribution in [2.24, 2.45) is 5.92 Å². The molecule has 2 atom stereocenters. The third-order valence-corrected chi connectivity index (χ3v) is 5.77. The van der Waals surface area contributed by atoms with Gasteiger partial charge in [-0.3, -0.25) is 5.32 Å². The second-order valence-electron chi connectivity index (χ2n) is 7.16. The molecule has 3 rings (SSSR count). The maximum atomic E-state index is 9.73. The van der Waals surface area contributed by atoms with E-state index in [1.54, 1.807) is 0 Å². The molecular formula is C17H30N4. The zero-order chi connectivity index (χ0) is 14.7. The monoisotopic (exact) mass is 290 g/mol. The lowest BCUT2D eigenvalue weighted by Crippen LogP contribution is -2.50. The Morgan fingerprint density at radius 2 is 1.86 bits per heavy atom. The maximum absolute atomic E-state index is 9.73. The van der Waals surface area contributed by atoms with Crippen molar-refractivity contribution in [2.45, 2.75) is 57.0 Å². The van der Waals surface area contributed by atoms with Gasteiger partial charge in [0.05, 0.1) is 6.07 Å². The van der Waals surface area contributed by atoms with Crippen LogP contribution in [0.4, 0.5) is 0 Å². The van der Waals surface area contributed by atoms with Gasteiger partial charge >= 0.3 is 0 Å². The third-order valence-electron chi connectivity index (χ3n) is 5.77. The molecule has 3 fully saturated rings. The minimum atomic E-state index is -0.202. The van der Waals surface area contributed by atoms with Crippen LogP contribution in [0.25, 0.3) is 0 Å². The van der Waals surface area contributed by atoms with Crippen LogP contribution < -0.4 is 5.32 Å². The zero-order valence-electron chi connectivity index (χ0n) is 13.5. The van der Waals surface area contributed by atoms with Crippen molar-refractivity contribution < 1.29 is 0 Å². The van der Waals surface area contributed by atoms with Gasteiger partial charge < -0.3 is 9.80 Å². The molecule has 2 saturated carbocycles. The average Bonchev–Trinajstić information content (AvgIpc) is 3.25. The molecule has 0 radical (unpaired) electrons. The minimum Gasteiger partial charge on any atom is -0.301 e. The highest BCUT2D eigenvalue weighted by molar-refractivity contribution is 5.16. The van der Waals surface area contributed by atoms with Crippen molar-refractivity contribution in [2.75, 3.05) is 39.3 Å². The van der Waals surface area contributed by atoms with Crippen LogP contribution in [0.3, 0.4) is 0 Å². The highest BCUT2D eigenvalue weighted by Gasteiger charge is 2.45. The molecule has 0 aromatic carbocycles. The summed E-state index contributed by atoms with van der Waals surface area (Å²) >= 11 is 0. The molecule has 0 bridgehead atoms. The van der Waals surface area contributed by atoms with Crippen molar-refractivity contribution in [3.05, 3.63) is 0 Å². The predicted octanol–water partition coefficient (Wildman–Crippen LogP) is 1.83. The molecule has 2 aliphatic carbocycles. The Morgan fingerprint density at radius 1 is 1.14 bits per heavy atom. The van der Waals surface area contributed by atoms with Crippen LogP contribution in [0.2, 0.25) is 0 Å². The van der Waals surface area contributed by atoms with Crippen molar-refractivity contribution in [3.8, 4) is 6.07 Å². The first kappa shape index (κ1) is 15.3. The normalized spacial score (nSPS) is 35.0. The summed E-state index contributed by atoms with van der Waals surface area (Å²) < 4.78 is 0. The summed E-state index contributed by atoms with van der Waals surface area (Å²) in [7, 11) is 0. The zero-order valence-corrected chi connectivity index (χ0v) is 13.5. The number of rotatable bonds is 6. The first-order valence-electron chi connectivity index (χ1n) is 8.89. The molecule has 0 amide bonds. The molecule has 1 N–H and O–H groups in total. The largest absolute Gasteiger partial charge is 0.301 e. The number of likely N-dealkylation sites (N-methyl/N-ethyl adjacent to an activating group) is 1. The van der Waals surface area contributed by atoms with Crippen LogP contribution in [0.15, 0.2) is 0 Å². The SMILES string of the molecule is CCN1CCN(CCC2CCCC2(C#N)NC2CC2)CC1. The summed E-state index contributed by atoms with van der Waals surface area (Å²) in [6.07, 6.45) is 7.27. The number of nitrogens with one attached hydrogen (secondary N) is 1.